The lowest BCUT2D eigenvalue weighted by Crippen LogP contribution is -2.56. The van der Waals surface area contributed by atoms with Gasteiger partial charge in [-0.3, -0.25) is 0 Å². The lowest BCUT2D eigenvalue weighted by atomic mass is 9.55. The van der Waals surface area contributed by atoms with Crippen LogP contribution in [0.2, 0.25) is 25.2 Å². The molecule has 4 atom stereocenters. The van der Waals surface area contributed by atoms with E-state index in [4.69, 9.17) is 0 Å². The molecular formula is C38H62N2P2Si. The third-order valence-electron chi connectivity index (χ3n) is 15.3. The SMILES string of the molecule is C[Si](C)(C)C1C=C(CP(C2C3CC4CC(C3)CC2C4)C2C3CC4CC(C3)CC2C4)C(C(P)(C2CCCN2)C2CCCN2)=C1. The average Bonchev–Trinajstić information content (AvgIpc) is 3.74. The van der Waals surface area contributed by atoms with Crippen molar-refractivity contribution in [2.75, 3.05) is 19.3 Å². The molecule has 8 saturated carbocycles. The van der Waals surface area contributed by atoms with Gasteiger partial charge in [0.1, 0.15) is 0 Å². The third kappa shape index (κ3) is 4.96. The van der Waals surface area contributed by atoms with Gasteiger partial charge in [0.15, 0.2) is 0 Å². The van der Waals surface area contributed by atoms with Crippen LogP contribution in [0.3, 0.4) is 0 Å². The van der Waals surface area contributed by atoms with Crippen LogP contribution in [0, 0.1) is 47.3 Å². The van der Waals surface area contributed by atoms with Gasteiger partial charge in [0.25, 0.3) is 0 Å². The summed E-state index contributed by atoms with van der Waals surface area (Å²) in [6.07, 6.45) is 28.9. The molecule has 2 N–H and O–H groups in total. The maximum absolute atomic E-state index is 4.08. The second kappa shape index (κ2) is 11.0. The third-order valence-corrected chi connectivity index (χ3v) is 22.7. The Morgan fingerprint density at radius 2 is 1.14 bits per heavy atom. The second-order valence-electron chi connectivity index (χ2n) is 18.9. The van der Waals surface area contributed by atoms with Crippen molar-refractivity contribution in [3.63, 3.8) is 0 Å². The van der Waals surface area contributed by atoms with Crippen LogP contribution < -0.4 is 10.6 Å². The quantitative estimate of drug-likeness (QED) is 0.206. The van der Waals surface area contributed by atoms with Gasteiger partial charge >= 0.3 is 0 Å². The molecule has 2 nitrogen and oxygen atoms in total. The van der Waals surface area contributed by atoms with Crippen molar-refractivity contribution >= 4 is 25.2 Å². The van der Waals surface area contributed by atoms with Crippen LogP contribution in [0.25, 0.3) is 0 Å². The first-order valence-corrected chi connectivity index (χ1v) is 25.0. The highest BCUT2D eigenvalue weighted by molar-refractivity contribution is 7.59. The molecule has 8 bridgehead atoms. The molecule has 0 aromatic heterocycles. The Kier molecular flexibility index (Phi) is 7.58. The molecule has 238 valence electrons. The Hall–Kier alpha value is 0.477. The minimum atomic E-state index is -1.34. The molecule has 11 rings (SSSR count). The van der Waals surface area contributed by atoms with E-state index in [0.29, 0.717) is 17.6 Å². The van der Waals surface area contributed by atoms with Crippen molar-refractivity contribution in [3.05, 3.63) is 23.3 Å². The summed E-state index contributed by atoms with van der Waals surface area (Å²) in [6.45, 7) is 10.4. The van der Waals surface area contributed by atoms with Gasteiger partial charge in [-0.1, -0.05) is 39.7 Å². The molecule has 2 heterocycles. The van der Waals surface area contributed by atoms with Crippen molar-refractivity contribution < 1.29 is 0 Å². The van der Waals surface area contributed by atoms with E-state index in [1.165, 1.54) is 44.9 Å². The highest BCUT2D eigenvalue weighted by Crippen LogP contribution is 2.72. The summed E-state index contributed by atoms with van der Waals surface area (Å²) in [4.78, 5) is 0. The first-order valence-electron chi connectivity index (χ1n) is 19.2. The van der Waals surface area contributed by atoms with Crippen LogP contribution in [-0.2, 0) is 0 Å². The zero-order valence-corrected chi connectivity index (χ0v) is 30.8. The fraction of sp³-hybridized carbons (Fsp3) is 0.895. The molecule has 5 heteroatoms. The summed E-state index contributed by atoms with van der Waals surface area (Å²) < 4.78 is 0. The highest BCUT2D eigenvalue weighted by Gasteiger charge is 2.58. The molecule has 0 aromatic carbocycles. The van der Waals surface area contributed by atoms with E-state index in [-0.39, 0.29) is 13.1 Å². The van der Waals surface area contributed by atoms with Crippen LogP contribution in [-0.4, -0.2) is 55.9 Å². The standard InChI is InChI=1S/C38H62N2P2Si/c1-43(2,3)32-20-31(33(21-32)38(41,34-6-4-8-39-34)35-7-5-9-40-35)22-42(36-27-12-23-10-24(14-27)15-28(36)13-23)37-29-16-25-11-26(18-29)19-30(37)17-25/h20-21,23-30,32,34-37,39-40H,4-19,22,41H2,1-3H3. The fourth-order valence-corrected chi connectivity index (χ4v) is 20.8. The molecule has 0 radical (unpaired) electrons. The normalized spacial score (nSPS) is 50.3. The summed E-state index contributed by atoms with van der Waals surface area (Å²) in [7, 11) is 2.29. The summed E-state index contributed by atoms with van der Waals surface area (Å²) in [5.41, 5.74) is 6.63. The van der Waals surface area contributed by atoms with E-state index >= 15 is 0 Å². The highest BCUT2D eigenvalue weighted by atomic mass is 31.1. The maximum atomic E-state index is 4.08. The Morgan fingerprint density at radius 3 is 1.51 bits per heavy atom. The van der Waals surface area contributed by atoms with Gasteiger partial charge in [-0.05, 0) is 184 Å². The number of nitrogens with one attached hydrogen (secondary N) is 2. The van der Waals surface area contributed by atoms with Crippen LogP contribution >= 0.6 is 17.2 Å². The van der Waals surface area contributed by atoms with E-state index in [1.807, 2.05) is 11.1 Å². The number of hydrogen-bond acceptors (Lipinski definition) is 2. The largest absolute Gasteiger partial charge is 0.313 e. The topological polar surface area (TPSA) is 24.1 Å². The van der Waals surface area contributed by atoms with Gasteiger partial charge in [0.2, 0.25) is 0 Å². The lowest BCUT2D eigenvalue weighted by Gasteiger charge is -2.62. The Labute approximate surface area is 268 Å². The molecule has 0 spiro atoms. The molecule has 10 fully saturated rings. The van der Waals surface area contributed by atoms with E-state index in [2.05, 4.69) is 51.7 Å². The van der Waals surface area contributed by atoms with Crippen LogP contribution in [0.5, 0.6) is 0 Å². The maximum Gasteiger partial charge on any atom is 0.0558 e. The predicted octanol–water partition coefficient (Wildman–Crippen LogP) is 8.81. The first kappa shape index (κ1) is 29.6. The van der Waals surface area contributed by atoms with Crippen LogP contribution in [0.4, 0.5) is 0 Å². The van der Waals surface area contributed by atoms with Crippen LogP contribution in [0.1, 0.15) is 89.9 Å². The van der Waals surface area contributed by atoms with Crippen molar-refractivity contribution in [2.24, 2.45) is 47.3 Å². The Morgan fingerprint density at radius 1 is 0.698 bits per heavy atom. The average molecular weight is 637 g/mol. The molecule has 43 heavy (non-hydrogen) atoms. The monoisotopic (exact) mass is 636 g/mol. The van der Waals surface area contributed by atoms with Crippen molar-refractivity contribution in [1.29, 1.82) is 0 Å². The van der Waals surface area contributed by atoms with Gasteiger partial charge in [0, 0.05) is 17.2 Å². The molecule has 4 unspecified atom stereocenters. The molecule has 0 amide bonds. The van der Waals surface area contributed by atoms with E-state index in [0.717, 1.165) is 58.7 Å². The van der Waals surface area contributed by atoms with Gasteiger partial charge in [-0.2, -0.15) is 0 Å². The number of allylic oxidation sites excluding steroid dienone is 3. The summed E-state index contributed by atoms with van der Waals surface area (Å²) in [6, 6.07) is 1.22. The second-order valence-corrected chi connectivity index (χ2v) is 27.8. The van der Waals surface area contributed by atoms with Gasteiger partial charge in [0.05, 0.1) is 8.07 Å². The molecule has 9 aliphatic carbocycles. The predicted molar refractivity (Wildman–Crippen MR) is 191 cm³/mol. The molecular weight excluding hydrogens is 574 g/mol. The molecule has 2 aliphatic heterocycles. The van der Waals surface area contributed by atoms with E-state index in [9.17, 15) is 0 Å². The minimum Gasteiger partial charge on any atom is -0.313 e. The van der Waals surface area contributed by atoms with E-state index in [1.54, 1.807) is 64.2 Å². The number of rotatable bonds is 8. The Bertz CT molecular complexity index is 1030. The lowest BCUT2D eigenvalue weighted by molar-refractivity contribution is 0.0131. The van der Waals surface area contributed by atoms with Crippen molar-refractivity contribution in [1.82, 2.24) is 10.6 Å². The van der Waals surface area contributed by atoms with Crippen molar-refractivity contribution in [2.45, 2.75) is 144 Å². The summed E-state index contributed by atoms with van der Waals surface area (Å²) >= 11 is 0. The molecule has 2 saturated heterocycles. The van der Waals surface area contributed by atoms with Gasteiger partial charge < -0.3 is 10.6 Å². The van der Waals surface area contributed by atoms with Crippen molar-refractivity contribution in [3.8, 4) is 0 Å². The smallest absolute Gasteiger partial charge is 0.0558 e. The zero-order chi connectivity index (χ0) is 29.1. The van der Waals surface area contributed by atoms with Gasteiger partial charge in [-0.25, -0.2) is 0 Å². The summed E-state index contributed by atoms with van der Waals surface area (Å²) in [5.74, 6) is 8.79. The Balaban J connectivity index is 1.11. The zero-order valence-electron chi connectivity index (χ0n) is 27.7. The molecule has 11 aliphatic rings. The van der Waals surface area contributed by atoms with E-state index < -0.39 is 8.07 Å². The van der Waals surface area contributed by atoms with Crippen LogP contribution in [0.15, 0.2) is 23.3 Å². The summed E-state index contributed by atoms with van der Waals surface area (Å²) in [5, 5.41) is 8.31. The van der Waals surface area contributed by atoms with Gasteiger partial charge in [-0.15, -0.1) is 9.24 Å². The minimum absolute atomic E-state index is 0.0317. The first-order chi connectivity index (χ1) is 20.7. The fourth-order valence-electron chi connectivity index (χ4n) is 14.0. The molecule has 0 aromatic rings. The number of hydrogen-bond donors (Lipinski definition) is 2.